The number of benzene rings is 1. The summed E-state index contributed by atoms with van der Waals surface area (Å²) in [6, 6.07) is 7.51. The largest absolute Gasteiger partial charge is 0.395 e. The van der Waals surface area contributed by atoms with Gasteiger partial charge in [0.1, 0.15) is 0 Å². The second kappa shape index (κ2) is 7.30. The normalized spacial score (nSPS) is 10.3. The molecule has 3 nitrogen and oxygen atoms in total. The maximum Gasteiger partial charge on any atom is 0.222 e. The van der Waals surface area contributed by atoms with Gasteiger partial charge in [-0.3, -0.25) is 4.79 Å². The molecule has 0 aliphatic heterocycles. The molecule has 0 bridgehead atoms. The fourth-order valence-electron chi connectivity index (χ4n) is 1.64. The van der Waals surface area contributed by atoms with Crippen LogP contribution < -0.4 is 0 Å². The predicted molar refractivity (Wildman–Crippen MR) is 69.1 cm³/mol. The Hall–Kier alpha value is -1.06. The molecule has 0 radical (unpaired) electrons. The average molecular weight is 256 g/mol. The molecule has 0 heterocycles. The van der Waals surface area contributed by atoms with Gasteiger partial charge in [0.15, 0.2) is 0 Å². The van der Waals surface area contributed by atoms with E-state index >= 15 is 0 Å². The molecule has 0 saturated carbocycles. The van der Waals surface area contributed by atoms with Crippen molar-refractivity contribution < 1.29 is 9.90 Å². The van der Waals surface area contributed by atoms with Crippen LogP contribution in [0.3, 0.4) is 0 Å². The molecule has 4 heteroatoms. The highest BCUT2D eigenvalue weighted by molar-refractivity contribution is 6.30. The van der Waals surface area contributed by atoms with E-state index in [1.54, 1.807) is 4.90 Å². The first-order chi connectivity index (χ1) is 8.17. The van der Waals surface area contributed by atoms with Crippen molar-refractivity contribution in [3.8, 4) is 0 Å². The van der Waals surface area contributed by atoms with Crippen molar-refractivity contribution in [1.29, 1.82) is 0 Å². The minimum atomic E-state index is 0.0144. The standard InChI is InChI=1S/C13H18ClNO2/c1-2-15(9-10-16)13(17)8-5-11-3-6-12(14)7-4-11/h3-4,6-7,16H,2,5,8-10H2,1H3. The van der Waals surface area contributed by atoms with Crippen LogP contribution in [0.25, 0.3) is 0 Å². The zero-order chi connectivity index (χ0) is 12.7. The highest BCUT2D eigenvalue weighted by Gasteiger charge is 2.10. The minimum Gasteiger partial charge on any atom is -0.395 e. The number of aryl methyl sites for hydroxylation is 1. The molecular formula is C13H18ClNO2. The third kappa shape index (κ3) is 4.75. The number of halogens is 1. The van der Waals surface area contributed by atoms with Gasteiger partial charge in [0.05, 0.1) is 6.61 Å². The van der Waals surface area contributed by atoms with Crippen molar-refractivity contribution in [3.63, 3.8) is 0 Å². The van der Waals surface area contributed by atoms with E-state index < -0.39 is 0 Å². The maximum absolute atomic E-state index is 11.8. The van der Waals surface area contributed by atoms with Crippen LogP contribution in [0, 0.1) is 0 Å². The number of carbonyl (C=O) groups is 1. The van der Waals surface area contributed by atoms with Gasteiger partial charge in [0, 0.05) is 24.5 Å². The van der Waals surface area contributed by atoms with Gasteiger partial charge in [-0.25, -0.2) is 0 Å². The van der Waals surface area contributed by atoms with E-state index in [4.69, 9.17) is 16.7 Å². The molecule has 1 rings (SSSR count). The Morgan fingerprint density at radius 1 is 1.35 bits per heavy atom. The summed E-state index contributed by atoms with van der Waals surface area (Å²) in [5.41, 5.74) is 1.10. The van der Waals surface area contributed by atoms with Gasteiger partial charge in [-0.1, -0.05) is 23.7 Å². The third-order valence-corrected chi connectivity index (χ3v) is 2.90. The van der Waals surface area contributed by atoms with Crippen molar-refractivity contribution in [3.05, 3.63) is 34.9 Å². The Kier molecular flexibility index (Phi) is 6.01. The Labute approximate surface area is 107 Å². The molecule has 0 fully saturated rings. The van der Waals surface area contributed by atoms with Gasteiger partial charge in [-0.05, 0) is 31.0 Å². The molecule has 0 atom stereocenters. The topological polar surface area (TPSA) is 40.5 Å². The number of nitrogens with zero attached hydrogens (tertiary/aromatic N) is 1. The van der Waals surface area contributed by atoms with E-state index in [9.17, 15) is 4.79 Å². The molecule has 17 heavy (non-hydrogen) atoms. The number of amides is 1. The van der Waals surface area contributed by atoms with Crippen LogP contribution >= 0.6 is 11.6 Å². The average Bonchev–Trinajstić information content (AvgIpc) is 2.35. The van der Waals surface area contributed by atoms with Crippen molar-refractivity contribution in [1.82, 2.24) is 4.90 Å². The van der Waals surface area contributed by atoms with E-state index in [-0.39, 0.29) is 12.5 Å². The first-order valence-corrected chi connectivity index (χ1v) is 6.18. The number of likely N-dealkylation sites (N-methyl/N-ethyl adjacent to an activating group) is 1. The van der Waals surface area contributed by atoms with E-state index in [1.807, 2.05) is 31.2 Å². The van der Waals surface area contributed by atoms with Gasteiger partial charge >= 0.3 is 0 Å². The van der Waals surface area contributed by atoms with E-state index in [0.717, 1.165) is 5.56 Å². The number of hydrogen-bond acceptors (Lipinski definition) is 2. The first kappa shape index (κ1) is 14.0. The first-order valence-electron chi connectivity index (χ1n) is 5.80. The summed E-state index contributed by atoms with van der Waals surface area (Å²) in [4.78, 5) is 13.5. The van der Waals surface area contributed by atoms with Crippen LogP contribution in [-0.2, 0) is 11.2 Å². The number of carbonyl (C=O) groups excluding carboxylic acids is 1. The summed E-state index contributed by atoms with van der Waals surface area (Å²) in [6.45, 7) is 2.98. The quantitative estimate of drug-likeness (QED) is 0.846. The Balaban J connectivity index is 2.44. The van der Waals surface area contributed by atoms with Gasteiger partial charge < -0.3 is 10.0 Å². The lowest BCUT2D eigenvalue weighted by molar-refractivity contribution is -0.131. The van der Waals surface area contributed by atoms with Crippen molar-refractivity contribution in [2.45, 2.75) is 19.8 Å². The SMILES string of the molecule is CCN(CCO)C(=O)CCc1ccc(Cl)cc1. The molecule has 0 saturated heterocycles. The lowest BCUT2D eigenvalue weighted by Crippen LogP contribution is -2.33. The van der Waals surface area contributed by atoms with E-state index in [1.165, 1.54) is 0 Å². The van der Waals surface area contributed by atoms with E-state index in [0.29, 0.717) is 31.0 Å². The van der Waals surface area contributed by atoms with Crippen LogP contribution in [0.1, 0.15) is 18.9 Å². The third-order valence-electron chi connectivity index (χ3n) is 2.65. The highest BCUT2D eigenvalue weighted by atomic mass is 35.5. The van der Waals surface area contributed by atoms with Crippen LogP contribution in [-0.4, -0.2) is 35.6 Å². The molecule has 94 valence electrons. The van der Waals surface area contributed by atoms with Crippen LogP contribution in [0.4, 0.5) is 0 Å². The van der Waals surface area contributed by atoms with Crippen molar-refractivity contribution in [2.75, 3.05) is 19.7 Å². The molecule has 1 amide bonds. The fraction of sp³-hybridized carbons (Fsp3) is 0.462. The molecule has 0 aliphatic carbocycles. The number of aliphatic hydroxyl groups excluding tert-OH is 1. The minimum absolute atomic E-state index is 0.0144. The smallest absolute Gasteiger partial charge is 0.222 e. The molecule has 1 N–H and O–H groups in total. The highest BCUT2D eigenvalue weighted by Crippen LogP contribution is 2.11. The molecule has 0 aromatic heterocycles. The zero-order valence-corrected chi connectivity index (χ0v) is 10.8. The van der Waals surface area contributed by atoms with Gasteiger partial charge in [0.2, 0.25) is 5.91 Å². The summed E-state index contributed by atoms with van der Waals surface area (Å²) >= 11 is 5.79. The summed E-state index contributed by atoms with van der Waals surface area (Å²) in [5, 5.41) is 9.53. The monoisotopic (exact) mass is 255 g/mol. The predicted octanol–water partition coefficient (Wildman–Crippen LogP) is 2.11. The van der Waals surface area contributed by atoms with Crippen LogP contribution in [0.5, 0.6) is 0 Å². The number of rotatable bonds is 6. The molecule has 0 spiro atoms. The Bertz CT molecular complexity index is 351. The Morgan fingerprint density at radius 2 is 2.00 bits per heavy atom. The summed E-state index contributed by atoms with van der Waals surface area (Å²) in [7, 11) is 0. The molecule has 1 aromatic rings. The second-order valence-corrected chi connectivity index (χ2v) is 4.26. The summed E-state index contributed by atoms with van der Waals surface area (Å²) in [6.07, 6.45) is 1.17. The van der Waals surface area contributed by atoms with Crippen molar-refractivity contribution >= 4 is 17.5 Å². The van der Waals surface area contributed by atoms with Crippen LogP contribution in [0.2, 0.25) is 5.02 Å². The molecular weight excluding hydrogens is 238 g/mol. The van der Waals surface area contributed by atoms with Gasteiger partial charge in [-0.2, -0.15) is 0 Å². The van der Waals surface area contributed by atoms with Crippen molar-refractivity contribution in [2.24, 2.45) is 0 Å². The van der Waals surface area contributed by atoms with Crippen LogP contribution in [0.15, 0.2) is 24.3 Å². The number of aliphatic hydroxyl groups is 1. The lowest BCUT2D eigenvalue weighted by atomic mass is 10.1. The summed E-state index contributed by atoms with van der Waals surface area (Å²) in [5.74, 6) is 0.0801. The molecule has 0 unspecified atom stereocenters. The summed E-state index contributed by atoms with van der Waals surface area (Å²) < 4.78 is 0. The van der Waals surface area contributed by atoms with E-state index in [2.05, 4.69) is 0 Å². The second-order valence-electron chi connectivity index (χ2n) is 3.82. The zero-order valence-electron chi connectivity index (χ0n) is 10.0. The number of hydrogen-bond donors (Lipinski definition) is 1. The van der Waals surface area contributed by atoms with Gasteiger partial charge in [0.25, 0.3) is 0 Å². The molecule has 0 aliphatic rings. The maximum atomic E-state index is 11.8. The lowest BCUT2D eigenvalue weighted by Gasteiger charge is -2.19. The fourth-order valence-corrected chi connectivity index (χ4v) is 1.77. The Morgan fingerprint density at radius 3 is 2.53 bits per heavy atom. The molecule has 1 aromatic carbocycles. The van der Waals surface area contributed by atoms with Gasteiger partial charge in [-0.15, -0.1) is 0 Å².